The standard InChI is InChI=1S/C9H14N2O2/c1-9(2,3)8(12)13-6-7-10-4-5-11-7/h4-5,10H,6H2,1-3H3/q+1. The zero-order chi connectivity index (χ0) is 9.90. The van der Waals surface area contributed by atoms with Crippen LogP contribution in [0.4, 0.5) is 0 Å². The summed E-state index contributed by atoms with van der Waals surface area (Å²) in [5.74, 6) is 0.446. The van der Waals surface area contributed by atoms with Crippen molar-refractivity contribution in [3.05, 3.63) is 12.4 Å². The summed E-state index contributed by atoms with van der Waals surface area (Å²) in [4.78, 5) is 15.2. The van der Waals surface area contributed by atoms with Crippen molar-refractivity contribution < 1.29 is 9.53 Å². The summed E-state index contributed by atoms with van der Waals surface area (Å²) in [7, 11) is 0. The molecule has 0 amide bonds. The van der Waals surface area contributed by atoms with E-state index in [4.69, 9.17) is 4.74 Å². The molecule has 0 saturated carbocycles. The molecule has 0 aliphatic carbocycles. The maximum absolute atomic E-state index is 11.3. The second-order valence-corrected chi connectivity index (χ2v) is 3.86. The maximum atomic E-state index is 11.3. The lowest BCUT2D eigenvalue weighted by Gasteiger charge is -2.15. The molecule has 4 nitrogen and oxygen atoms in total. The van der Waals surface area contributed by atoms with E-state index >= 15 is 0 Å². The van der Waals surface area contributed by atoms with Crippen molar-refractivity contribution in [1.29, 1.82) is 0 Å². The number of amidine groups is 1. The minimum absolute atomic E-state index is 0.211. The number of nitrogens with zero attached hydrogens (tertiary/aromatic N) is 1. The molecule has 0 aromatic heterocycles. The van der Waals surface area contributed by atoms with Crippen LogP contribution in [0.3, 0.4) is 0 Å². The van der Waals surface area contributed by atoms with Crippen LogP contribution in [-0.2, 0) is 9.53 Å². The first kappa shape index (κ1) is 9.77. The van der Waals surface area contributed by atoms with E-state index in [0.717, 1.165) is 0 Å². The SMILES string of the molecule is CC(C)(C)C(=O)OCC1=[N+]C=CN1. The van der Waals surface area contributed by atoms with Gasteiger partial charge in [0, 0.05) is 0 Å². The van der Waals surface area contributed by atoms with Gasteiger partial charge in [-0.15, -0.1) is 0 Å². The van der Waals surface area contributed by atoms with Crippen LogP contribution in [0.2, 0.25) is 0 Å². The van der Waals surface area contributed by atoms with Crippen molar-refractivity contribution in [3.8, 4) is 0 Å². The lowest BCUT2D eigenvalue weighted by atomic mass is 9.97. The van der Waals surface area contributed by atoms with E-state index < -0.39 is 5.41 Å². The first-order chi connectivity index (χ1) is 6.00. The molecular weight excluding hydrogens is 168 g/mol. The highest BCUT2D eigenvalue weighted by molar-refractivity contribution is 5.87. The number of ether oxygens (including phenoxy) is 1. The lowest BCUT2D eigenvalue weighted by Crippen LogP contribution is -2.29. The first-order valence-electron chi connectivity index (χ1n) is 4.15. The van der Waals surface area contributed by atoms with Crippen LogP contribution >= 0.6 is 0 Å². The first-order valence-corrected chi connectivity index (χ1v) is 4.15. The van der Waals surface area contributed by atoms with Crippen molar-refractivity contribution in [2.24, 2.45) is 5.41 Å². The number of nitrogens with one attached hydrogen (secondary N) is 1. The van der Waals surface area contributed by atoms with E-state index in [-0.39, 0.29) is 12.6 Å². The van der Waals surface area contributed by atoms with Gasteiger partial charge in [0.25, 0.3) is 0 Å². The third-order valence-corrected chi connectivity index (χ3v) is 1.51. The highest BCUT2D eigenvalue weighted by Gasteiger charge is 2.25. The van der Waals surface area contributed by atoms with E-state index in [0.29, 0.717) is 5.84 Å². The van der Waals surface area contributed by atoms with Gasteiger partial charge in [0.15, 0.2) is 12.8 Å². The van der Waals surface area contributed by atoms with Gasteiger partial charge in [-0.2, -0.15) is 0 Å². The average Bonchev–Trinajstić information content (AvgIpc) is 2.50. The Morgan fingerprint density at radius 2 is 2.31 bits per heavy atom. The zero-order valence-electron chi connectivity index (χ0n) is 8.13. The number of hydrogen-bond acceptors (Lipinski definition) is 4. The fourth-order valence-electron chi connectivity index (χ4n) is 0.727. The van der Waals surface area contributed by atoms with Gasteiger partial charge >= 0.3 is 11.8 Å². The van der Waals surface area contributed by atoms with Crippen LogP contribution in [0.15, 0.2) is 12.4 Å². The largest absolute Gasteiger partial charge is 0.452 e. The molecule has 0 aromatic rings. The van der Waals surface area contributed by atoms with Gasteiger partial charge in [-0.05, 0) is 25.8 Å². The molecule has 1 radical (unpaired) electrons. The number of aliphatic imine (C=N–C) groups is 1. The molecule has 1 rings (SSSR count). The van der Waals surface area contributed by atoms with E-state index in [9.17, 15) is 4.79 Å². The molecule has 0 fully saturated rings. The molecule has 1 aliphatic rings. The minimum atomic E-state index is -0.452. The van der Waals surface area contributed by atoms with Gasteiger partial charge in [-0.3, -0.25) is 4.79 Å². The number of rotatable bonds is 2. The Hall–Kier alpha value is -1.32. The van der Waals surface area contributed by atoms with E-state index in [1.54, 1.807) is 12.4 Å². The molecule has 0 saturated heterocycles. The molecule has 1 heterocycles. The Kier molecular flexibility index (Phi) is 2.70. The van der Waals surface area contributed by atoms with Gasteiger partial charge in [0.1, 0.15) is 6.20 Å². The Balaban J connectivity index is 2.31. The predicted molar refractivity (Wildman–Crippen MR) is 49.8 cm³/mol. The Bertz CT molecular complexity index is 261. The second kappa shape index (κ2) is 3.60. The second-order valence-electron chi connectivity index (χ2n) is 3.86. The molecule has 1 N–H and O–H groups in total. The van der Waals surface area contributed by atoms with E-state index in [1.165, 1.54) is 0 Å². The van der Waals surface area contributed by atoms with Crippen LogP contribution in [0.1, 0.15) is 20.8 Å². The quantitative estimate of drug-likeness (QED) is 0.628. The highest BCUT2D eigenvalue weighted by atomic mass is 16.5. The van der Waals surface area contributed by atoms with E-state index in [2.05, 4.69) is 10.3 Å². The Morgan fingerprint density at radius 3 is 2.77 bits per heavy atom. The summed E-state index contributed by atoms with van der Waals surface area (Å²) in [5, 5.41) is 2.86. The van der Waals surface area contributed by atoms with Crippen LogP contribution in [0.5, 0.6) is 0 Å². The third-order valence-electron chi connectivity index (χ3n) is 1.51. The van der Waals surface area contributed by atoms with Crippen molar-refractivity contribution in [3.63, 3.8) is 0 Å². The van der Waals surface area contributed by atoms with Crippen LogP contribution in [-0.4, -0.2) is 18.4 Å². The fraction of sp³-hybridized carbons (Fsp3) is 0.556. The molecule has 4 heteroatoms. The third kappa shape index (κ3) is 2.89. The Morgan fingerprint density at radius 1 is 1.62 bits per heavy atom. The van der Waals surface area contributed by atoms with Crippen LogP contribution in [0, 0.1) is 5.41 Å². The Labute approximate surface area is 77.7 Å². The van der Waals surface area contributed by atoms with Crippen molar-refractivity contribution in [2.75, 3.05) is 6.61 Å². The maximum Gasteiger partial charge on any atom is 0.334 e. The highest BCUT2D eigenvalue weighted by Crippen LogP contribution is 2.14. The number of esters is 1. The normalized spacial score (nSPS) is 15.2. The minimum Gasteiger partial charge on any atom is -0.452 e. The molecule has 0 spiro atoms. The monoisotopic (exact) mass is 182 g/mol. The van der Waals surface area contributed by atoms with E-state index in [1.807, 2.05) is 20.8 Å². The molecular formula is C9H14N2O2+. The number of carbonyl (C=O) groups is 1. The van der Waals surface area contributed by atoms with Gasteiger partial charge in [0.05, 0.1) is 5.41 Å². The summed E-state index contributed by atoms with van der Waals surface area (Å²) < 4.78 is 5.02. The topological polar surface area (TPSA) is 52.4 Å². The van der Waals surface area contributed by atoms with Gasteiger partial charge < -0.3 is 4.74 Å². The van der Waals surface area contributed by atoms with Crippen LogP contribution in [0.25, 0.3) is 0 Å². The van der Waals surface area contributed by atoms with Gasteiger partial charge in [-0.1, -0.05) is 0 Å². The smallest absolute Gasteiger partial charge is 0.334 e. The van der Waals surface area contributed by atoms with Crippen molar-refractivity contribution in [1.82, 2.24) is 10.3 Å². The molecule has 0 atom stereocenters. The molecule has 0 aromatic carbocycles. The van der Waals surface area contributed by atoms with Gasteiger partial charge in [0.2, 0.25) is 0 Å². The van der Waals surface area contributed by atoms with Crippen molar-refractivity contribution >= 4 is 11.8 Å². The molecule has 71 valence electrons. The van der Waals surface area contributed by atoms with Crippen molar-refractivity contribution in [2.45, 2.75) is 20.8 Å². The number of hydrogen-bond donors (Lipinski definition) is 1. The summed E-state index contributed by atoms with van der Waals surface area (Å²) >= 11 is 0. The van der Waals surface area contributed by atoms with Gasteiger partial charge in [-0.25, -0.2) is 5.32 Å². The van der Waals surface area contributed by atoms with Crippen LogP contribution < -0.4 is 10.3 Å². The average molecular weight is 182 g/mol. The number of carbonyl (C=O) groups excluding carboxylic acids is 1. The molecule has 0 bridgehead atoms. The summed E-state index contributed by atoms with van der Waals surface area (Å²) in [6.07, 6.45) is 3.32. The zero-order valence-corrected chi connectivity index (χ0v) is 8.13. The summed E-state index contributed by atoms with van der Waals surface area (Å²) in [6.45, 7) is 5.66. The summed E-state index contributed by atoms with van der Waals surface area (Å²) in [6, 6.07) is 0. The molecule has 0 unspecified atom stereocenters. The fourth-order valence-corrected chi connectivity index (χ4v) is 0.727. The summed E-state index contributed by atoms with van der Waals surface area (Å²) in [5.41, 5.74) is -0.452. The lowest BCUT2D eigenvalue weighted by molar-refractivity contribution is -0.151. The molecule has 1 aliphatic heterocycles. The predicted octanol–water partition coefficient (Wildman–Crippen LogP) is 0.384. The molecule has 13 heavy (non-hydrogen) atoms.